The number of pyridine rings is 1. The number of aldehydes is 1. The van der Waals surface area contributed by atoms with Gasteiger partial charge in [-0.25, -0.2) is 0 Å². The number of hydrogen-bond acceptors (Lipinski definition) is 5. The molecule has 0 N–H and O–H groups in total. The molecule has 6 nitrogen and oxygen atoms in total. The Hall–Kier alpha value is -2.89. The monoisotopic (exact) mass is 283 g/mol. The van der Waals surface area contributed by atoms with Crippen LogP contribution in [0.15, 0.2) is 36.5 Å². The zero-order valence-corrected chi connectivity index (χ0v) is 11.6. The van der Waals surface area contributed by atoms with Gasteiger partial charge in [-0.2, -0.15) is 0 Å². The molecule has 0 aliphatic heterocycles. The summed E-state index contributed by atoms with van der Waals surface area (Å²) in [6.45, 7) is 0. The number of fused-ring (bicyclic) bond motifs is 1. The van der Waals surface area contributed by atoms with Gasteiger partial charge in [-0.05, 0) is 30.3 Å². The van der Waals surface area contributed by atoms with E-state index in [1.807, 2.05) is 12.1 Å². The second-order valence-corrected chi connectivity index (χ2v) is 4.40. The Morgan fingerprint density at radius 3 is 2.67 bits per heavy atom. The highest BCUT2D eigenvalue weighted by atomic mass is 16.5. The second-order valence-electron chi connectivity index (χ2n) is 4.40. The average Bonchev–Trinajstić information content (AvgIpc) is 2.96. The molecule has 0 saturated carbocycles. The van der Waals surface area contributed by atoms with Crippen molar-refractivity contribution >= 4 is 11.9 Å². The van der Waals surface area contributed by atoms with Crippen molar-refractivity contribution in [2.45, 2.75) is 0 Å². The second kappa shape index (κ2) is 5.24. The summed E-state index contributed by atoms with van der Waals surface area (Å²) >= 11 is 0. The van der Waals surface area contributed by atoms with E-state index in [1.165, 1.54) is 0 Å². The van der Waals surface area contributed by atoms with E-state index in [1.54, 1.807) is 43.0 Å². The van der Waals surface area contributed by atoms with Crippen LogP contribution in [-0.2, 0) is 0 Å². The van der Waals surface area contributed by atoms with Crippen molar-refractivity contribution in [3.8, 4) is 22.9 Å². The van der Waals surface area contributed by atoms with Crippen molar-refractivity contribution in [3.05, 3.63) is 42.1 Å². The molecule has 0 bridgehead atoms. The van der Waals surface area contributed by atoms with E-state index in [-0.39, 0.29) is 0 Å². The number of methoxy groups -OCH3 is 2. The zero-order valence-electron chi connectivity index (χ0n) is 11.6. The van der Waals surface area contributed by atoms with Crippen LogP contribution in [0.25, 0.3) is 17.0 Å². The molecule has 106 valence electrons. The molecule has 0 fully saturated rings. The lowest BCUT2D eigenvalue weighted by molar-refractivity contribution is 0.112. The third kappa shape index (κ3) is 2.20. The van der Waals surface area contributed by atoms with Crippen molar-refractivity contribution in [1.29, 1.82) is 0 Å². The topological polar surface area (TPSA) is 65.7 Å². The largest absolute Gasteiger partial charge is 0.497 e. The lowest BCUT2D eigenvalue weighted by Crippen LogP contribution is -1.95. The molecule has 2 aromatic heterocycles. The lowest BCUT2D eigenvalue weighted by atomic mass is 10.1. The fourth-order valence-corrected chi connectivity index (χ4v) is 2.15. The first-order chi connectivity index (χ1) is 10.3. The van der Waals surface area contributed by atoms with Crippen LogP contribution in [0.3, 0.4) is 0 Å². The fourth-order valence-electron chi connectivity index (χ4n) is 2.15. The summed E-state index contributed by atoms with van der Waals surface area (Å²) in [6.07, 6.45) is 2.47. The maximum absolute atomic E-state index is 10.9. The predicted molar refractivity (Wildman–Crippen MR) is 76.9 cm³/mol. The molecule has 0 atom stereocenters. The molecule has 2 heterocycles. The summed E-state index contributed by atoms with van der Waals surface area (Å²) in [5, 5.41) is 8.29. The van der Waals surface area contributed by atoms with Gasteiger partial charge in [0.05, 0.1) is 19.8 Å². The van der Waals surface area contributed by atoms with Gasteiger partial charge in [-0.3, -0.25) is 9.20 Å². The lowest BCUT2D eigenvalue weighted by Gasteiger charge is -2.09. The molecule has 0 unspecified atom stereocenters. The molecule has 0 spiro atoms. The van der Waals surface area contributed by atoms with E-state index in [0.717, 1.165) is 11.8 Å². The standard InChI is InChI=1S/C15H13N3O3/c1-20-11-4-5-13(21-2)12(7-11)15-17-16-14-6-3-10(9-19)8-18(14)15/h3-9H,1-2H3. The van der Waals surface area contributed by atoms with E-state index in [4.69, 9.17) is 9.47 Å². The summed E-state index contributed by atoms with van der Waals surface area (Å²) in [4.78, 5) is 10.9. The number of rotatable bonds is 4. The van der Waals surface area contributed by atoms with Gasteiger partial charge in [0.15, 0.2) is 17.8 Å². The first kappa shape index (κ1) is 13.1. The SMILES string of the molecule is COc1ccc(OC)c(-c2nnc3ccc(C=O)cn23)c1. The quantitative estimate of drug-likeness (QED) is 0.687. The molecular formula is C15H13N3O3. The number of aromatic nitrogens is 3. The predicted octanol–water partition coefficient (Wildman–Crippen LogP) is 2.23. The first-order valence-electron chi connectivity index (χ1n) is 6.29. The third-order valence-electron chi connectivity index (χ3n) is 3.21. The number of carbonyl (C=O) groups is 1. The van der Waals surface area contributed by atoms with Crippen LogP contribution in [-0.4, -0.2) is 35.1 Å². The van der Waals surface area contributed by atoms with E-state index in [9.17, 15) is 4.79 Å². The van der Waals surface area contributed by atoms with Crippen LogP contribution < -0.4 is 9.47 Å². The maximum atomic E-state index is 10.9. The van der Waals surface area contributed by atoms with Crippen LogP contribution in [0.2, 0.25) is 0 Å². The van der Waals surface area contributed by atoms with Gasteiger partial charge in [0.1, 0.15) is 11.5 Å². The van der Waals surface area contributed by atoms with Gasteiger partial charge >= 0.3 is 0 Å². The molecule has 0 saturated heterocycles. The molecule has 3 aromatic rings. The third-order valence-corrected chi connectivity index (χ3v) is 3.21. The Morgan fingerprint density at radius 2 is 1.95 bits per heavy atom. The van der Waals surface area contributed by atoms with Gasteiger partial charge in [0.25, 0.3) is 0 Å². The van der Waals surface area contributed by atoms with Gasteiger partial charge in [-0.1, -0.05) is 0 Å². The smallest absolute Gasteiger partial charge is 0.172 e. The van der Waals surface area contributed by atoms with Crippen molar-refractivity contribution in [2.24, 2.45) is 0 Å². The Labute approximate surface area is 120 Å². The fraction of sp³-hybridized carbons (Fsp3) is 0.133. The number of nitrogens with zero attached hydrogens (tertiary/aromatic N) is 3. The Bertz CT molecular complexity index is 811. The number of hydrogen-bond donors (Lipinski definition) is 0. The number of ether oxygens (including phenoxy) is 2. The molecule has 3 rings (SSSR count). The van der Waals surface area contributed by atoms with E-state index in [0.29, 0.717) is 28.5 Å². The summed E-state index contributed by atoms with van der Waals surface area (Å²) in [5.41, 5.74) is 1.94. The van der Waals surface area contributed by atoms with E-state index >= 15 is 0 Å². The number of benzene rings is 1. The first-order valence-corrected chi connectivity index (χ1v) is 6.29. The van der Waals surface area contributed by atoms with Gasteiger partial charge in [-0.15, -0.1) is 10.2 Å². The van der Waals surface area contributed by atoms with Crippen molar-refractivity contribution in [2.75, 3.05) is 14.2 Å². The van der Waals surface area contributed by atoms with Crippen LogP contribution in [0, 0.1) is 0 Å². The normalized spacial score (nSPS) is 10.6. The van der Waals surface area contributed by atoms with Crippen LogP contribution in [0.5, 0.6) is 11.5 Å². The van der Waals surface area contributed by atoms with Crippen LogP contribution in [0.4, 0.5) is 0 Å². The molecule has 6 heteroatoms. The summed E-state index contributed by atoms with van der Waals surface area (Å²) in [7, 11) is 3.18. The van der Waals surface area contributed by atoms with Crippen LogP contribution in [0.1, 0.15) is 10.4 Å². The minimum atomic E-state index is 0.547. The molecule has 0 aliphatic carbocycles. The minimum absolute atomic E-state index is 0.547. The minimum Gasteiger partial charge on any atom is -0.497 e. The molecule has 1 aromatic carbocycles. The highest BCUT2D eigenvalue weighted by Crippen LogP contribution is 2.32. The Balaban J connectivity index is 2.26. The highest BCUT2D eigenvalue weighted by Gasteiger charge is 2.14. The van der Waals surface area contributed by atoms with Crippen LogP contribution >= 0.6 is 0 Å². The van der Waals surface area contributed by atoms with E-state index in [2.05, 4.69) is 10.2 Å². The molecule has 0 aliphatic rings. The summed E-state index contributed by atoms with van der Waals surface area (Å²) in [5.74, 6) is 1.93. The maximum Gasteiger partial charge on any atom is 0.172 e. The van der Waals surface area contributed by atoms with E-state index < -0.39 is 0 Å². The molecule has 21 heavy (non-hydrogen) atoms. The summed E-state index contributed by atoms with van der Waals surface area (Å²) < 4.78 is 12.4. The summed E-state index contributed by atoms with van der Waals surface area (Å²) in [6, 6.07) is 8.88. The van der Waals surface area contributed by atoms with Crippen molar-refractivity contribution < 1.29 is 14.3 Å². The van der Waals surface area contributed by atoms with Crippen molar-refractivity contribution in [3.63, 3.8) is 0 Å². The average molecular weight is 283 g/mol. The van der Waals surface area contributed by atoms with Gasteiger partial charge in [0, 0.05) is 11.8 Å². The van der Waals surface area contributed by atoms with Gasteiger partial charge in [0.2, 0.25) is 0 Å². The highest BCUT2D eigenvalue weighted by molar-refractivity contribution is 5.76. The Kier molecular flexibility index (Phi) is 3.27. The Morgan fingerprint density at radius 1 is 1.10 bits per heavy atom. The molecule has 0 amide bonds. The zero-order chi connectivity index (χ0) is 14.8. The molecular weight excluding hydrogens is 270 g/mol. The van der Waals surface area contributed by atoms with Crippen molar-refractivity contribution in [1.82, 2.24) is 14.6 Å². The molecule has 0 radical (unpaired) electrons. The van der Waals surface area contributed by atoms with Gasteiger partial charge < -0.3 is 9.47 Å². The number of carbonyl (C=O) groups excluding carboxylic acids is 1.